The van der Waals surface area contributed by atoms with E-state index in [0.717, 1.165) is 24.6 Å². The van der Waals surface area contributed by atoms with Gasteiger partial charge in [0.05, 0.1) is 5.39 Å². The van der Waals surface area contributed by atoms with Crippen molar-refractivity contribution in [2.45, 2.75) is 52.6 Å². The number of para-hydroxylation sites is 1. The van der Waals surface area contributed by atoms with Crippen LogP contribution in [0.2, 0.25) is 0 Å². The maximum atomic E-state index is 12.2. The van der Waals surface area contributed by atoms with E-state index in [-0.39, 0.29) is 5.63 Å². The Morgan fingerprint density at radius 2 is 1.92 bits per heavy atom. The lowest BCUT2D eigenvalue weighted by atomic mass is 9.95. The quantitative estimate of drug-likeness (QED) is 0.487. The summed E-state index contributed by atoms with van der Waals surface area (Å²) in [4.78, 5) is 12.2. The Morgan fingerprint density at radius 3 is 2.69 bits per heavy atom. The molecule has 0 spiro atoms. The molecular formula is C23H26O3. The highest BCUT2D eigenvalue weighted by Gasteiger charge is 2.29. The molecule has 1 unspecified atom stereocenters. The number of rotatable bonds is 5. The zero-order valence-electron chi connectivity index (χ0n) is 16.0. The first-order valence-corrected chi connectivity index (χ1v) is 9.11. The molecule has 2 aromatic rings. The Morgan fingerprint density at radius 1 is 1.15 bits per heavy atom. The van der Waals surface area contributed by atoms with Crippen molar-refractivity contribution in [1.82, 2.24) is 0 Å². The van der Waals surface area contributed by atoms with Gasteiger partial charge in [-0.25, -0.2) is 4.79 Å². The number of hydrogen-bond donors (Lipinski definition) is 0. The molecular weight excluding hydrogens is 324 g/mol. The Labute approximate surface area is 154 Å². The molecule has 3 rings (SSSR count). The number of ether oxygens (including phenoxy) is 1. The largest absolute Gasteiger partial charge is 0.481 e. The standard InChI is InChI=1S/C23H26O3/c1-16(2)8-7-9-17(3)12-14-23(4)15-13-19-21(26-23)18-10-5-6-11-20(18)25-22(19)24/h5-6,8,10-13,15H,7,9,14H2,1-4H3/b17-12+. The monoisotopic (exact) mass is 350 g/mol. The SMILES string of the molecule is CC(C)=CCC/C(C)=C/CC1(C)C=Cc2c(c3ccccc3oc2=O)O1. The molecule has 0 amide bonds. The first kappa shape index (κ1) is 18.2. The molecule has 1 atom stereocenters. The summed E-state index contributed by atoms with van der Waals surface area (Å²) in [5, 5.41) is 0.835. The minimum atomic E-state index is -0.471. The first-order chi connectivity index (χ1) is 12.4. The number of benzene rings is 1. The lowest BCUT2D eigenvalue weighted by Gasteiger charge is -2.31. The van der Waals surface area contributed by atoms with Crippen LogP contribution in [-0.2, 0) is 0 Å². The average Bonchev–Trinajstić information content (AvgIpc) is 2.60. The molecule has 3 heteroatoms. The number of hydrogen-bond acceptors (Lipinski definition) is 3. The Kier molecular flexibility index (Phi) is 5.17. The maximum Gasteiger partial charge on any atom is 0.347 e. The van der Waals surface area contributed by atoms with E-state index >= 15 is 0 Å². The van der Waals surface area contributed by atoms with E-state index in [1.807, 2.05) is 30.4 Å². The van der Waals surface area contributed by atoms with Gasteiger partial charge in [-0.2, -0.15) is 0 Å². The van der Waals surface area contributed by atoms with E-state index in [4.69, 9.17) is 9.15 Å². The van der Waals surface area contributed by atoms with Gasteiger partial charge >= 0.3 is 5.63 Å². The van der Waals surface area contributed by atoms with Gasteiger partial charge in [-0.1, -0.05) is 35.4 Å². The summed E-state index contributed by atoms with van der Waals surface area (Å²) in [6, 6.07) is 7.50. The molecule has 1 aromatic carbocycles. The fourth-order valence-corrected chi connectivity index (χ4v) is 3.09. The zero-order chi connectivity index (χ0) is 18.7. The molecule has 0 bridgehead atoms. The Hall–Kier alpha value is -2.55. The Balaban J connectivity index is 1.83. The van der Waals surface area contributed by atoms with E-state index in [9.17, 15) is 4.79 Å². The van der Waals surface area contributed by atoms with Crippen LogP contribution in [0, 0.1) is 0 Å². The van der Waals surface area contributed by atoms with E-state index in [2.05, 4.69) is 39.8 Å². The maximum absolute atomic E-state index is 12.2. The highest BCUT2D eigenvalue weighted by molar-refractivity contribution is 5.87. The van der Waals surface area contributed by atoms with Gasteiger partial charge in [-0.05, 0) is 64.8 Å². The third-order valence-corrected chi connectivity index (χ3v) is 4.68. The van der Waals surface area contributed by atoms with Crippen LogP contribution in [0.1, 0.15) is 52.5 Å². The van der Waals surface area contributed by atoms with Gasteiger partial charge in [0.25, 0.3) is 0 Å². The number of allylic oxidation sites excluding steroid dienone is 3. The first-order valence-electron chi connectivity index (χ1n) is 9.11. The smallest absolute Gasteiger partial charge is 0.347 e. The van der Waals surface area contributed by atoms with Crippen molar-refractivity contribution >= 4 is 17.0 Å². The lowest BCUT2D eigenvalue weighted by Crippen LogP contribution is -2.32. The summed E-state index contributed by atoms with van der Waals surface area (Å²) < 4.78 is 11.7. The third-order valence-electron chi connectivity index (χ3n) is 4.68. The normalized spacial score (nSPS) is 19.2. The molecule has 1 aliphatic rings. The topological polar surface area (TPSA) is 39.4 Å². The minimum absolute atomic E-state index is 0.356. The van der Waals surface area contributed by atoms with Gasteiger partial charge in [0, 0.05) is 6.42 Å². The van der Waals surface area contributed by atoms with E-state index in [1.54, 1.807) is 6.07 Å². The van der Waals surface area contributed by atoms with Crippen LogP contribution in [0.15, 0.2) is 62.9 Å². The predicted octanol–water partition coefficient (Wildman–Crippen LogP) is 6.04. The van der Waals surface area contributed by atoms with Crippen molar-refractivity contribution in [2.75, 3.05) is 0 Å². The second-order valence-corrected chi connectivity index (χ2v) is 7.45. The van der Waals surface area contributed by atoms with Crippen LogP contribution in [0.5, 0.6) is 5.75 Å². The van der Waals surface area contributed by atoms with Crippen molar-refractivity contribution in [3.8, 4) is 5.75 Å². The third kappa shape index (κ3) is 3.98. The van der Waals surface area contributed by atoms with Gasteiger partial charge in [0.15, 0.2) is 0 Å². The molecule has 0 fully saturated rings. The van der Waals surface area contributed by atoms with Crippen LogP contribution in [0.3, 0.4) is 0 Å². The van der Waals surface area contributed by atoms with Crippen molar-refractivity contribution < 1.29 is 9.15 Å². The molecule has 0 saturated heterocycles. The minimum Gasteiger partial charge on any atom is -0.481 e. The van der Waals surface area contributed by atoms with Crippen LogP contribution >= 0.6 is 0 Å². The van der Waals surface area contributed by atoms with Crippen LogP contribution in [-0.4, -0.2) is 5.60 Å². The summed E-state index contributed by atoms with van der Waals surface area (Å²) in [5.41, 5.74) is 2.93. The molecule has 3 nitrogen and oxygen atoms in total. The summed E-state index contributed by atoms with van der Waals surface area (Å²) >= 11 is 0. The molecule has 1 aromatic heterocycles. The molecule has 26 heavy (non-hydrogen) atoms. The predicted molar refractivity (Wildman–Crippen MR) is 108 cm³/mol. The highest BCUT2D eigenvalue weighted by atomic mass is 16.5. The fourth-order valence-electron chi connectivity index (χ4n) is 3.09. The summed E-state index contributed by atoms with van der Waals surface area (Å²) in [6.45, 7) is 8.46. The second-order valence-electron chi connectivity index (χ2n) is 7.45. The fraction of sp³-hybridized carbons (Fsp3) is 0.348. The molecule has 1 aliphatic heterocycles. The summed E-state index contributed by atoms with van der Waals surface area (Å²) in [5.74, 6) is 0.623. The Bertz CT molecular complexity index is 955. The molecule has 0 radical (unpaired) electrons. The highest BCUT2D eigenvalue weighted by Crippen LogP contribution is 2.37. The van der Waals surface area contributed by atoms with Crippen molar-refractivity contribution in [3.05, 3.63) is 69.6 Å². The molecule has 0 N–H and O–H groups in total. The van der Waals surface area contributed by atoms with Crippen molar-refractivity contribution in [2.24, 2.45) is 0 Å². The van der Waals surface area contributed by atoms with Gasteiger partial charge in [0.2, 0.25) is 0 Å². The van der Waals surface area contributed by atoms with Gasteiger partial charge < -0.3 is 9.15 Å². The van der Waals surface area contributed by atoms with Gasteiger partial charge in [-0.15, -0.1) is 0 Å². The number of fused-ring (bicyclic) bond motifs is 3. The van der Waals surface area contributed by atoms with Gasteiger partial charge in [0.1, 0.15) is 22.5 Å². The van der Waals surface area contributed by atoms with E-state index in [1.165, 1.54) is 11.1 Å². The van der Waals surface area contributed by atoms with E-state index < -0.39 is 5.60 Å². The second kappa shape index (κ2) is 7.36. The lowest BCUT2D eigenvalue weighted by molar-refractivity contribution is 0.142. The molecule has 136 valence electrons. The van der Waals surface area contributed by atoms with Crippen LogP contribution < -0.4 is 10.4 Å². The summed E-state index contributed by atoms with van der Waals surface area (Å²) in [7, 11) is 0. The van der Waals surface area contributed by atoms with E-state index in [0.29, 0.717) is 16.9 Å². The molecule has 2 heterocycles. The van der Waals surface area contributed by atoms with Crippen LogP contribution in [0.25, 0.3) is 17.0 Å². The van der Waals surface area contributed by atoms with Gasteiger partial charge in [-0.3, -0.25) is 0 Å². The summed E-state index contributed by atoms with van der Waals surface area (Å²) in [6.07, 6.45) is 11.2. The average molecular weight is 350 g/mol. The molecule has 0 aliphatic carbocycles. The van der Waals surface area contributed by atoms with Crippen LogP contribution in [0.4, 0.5) is 0 Å². The van der Waals surface area contributed by atoms with Crippen molar-refractivity contribution in [1.29, 1.82) is 0 Å². The zero-order valence-corrected chi connectivity index (χ0v) is 16.0. The molecule has 0 saturated carbocycles. The van der Waals surface area contributed by atoms with Crippen molar-refractivity contribution in [3.63, 3.8) is 0 Å².